The first-order chi connectivity index (χ1) is 5.75. The topological polar surface area (TPSA) is 32.3 Å². The molecule has 3 nitrogen and oxygen atoms in total. The van der Waals surface area contributed by atoms with Gasteiger partial charge in [0.1, 0.15) is 0 Å². The van der Waals surface area contributed by atoms with Crippen molar-refractivity contribution < 1.29 is 4.79 Å². The molecular weight excluding hydrogens is 152 g/mol. The predicted molar refractivity (Wildman–Crippen MR) is 48.9 cm³/mol. The second-order valence-corrected chi connectivity index (χ2v) is 3.38. The van der Waals surface area contributed by atoms with E-state index in [1.165, 1.54) is 0 Å². The van der Waals surface area contributed by atoms with Gasteiger partial charge in [-0.25, -0.2) is 0 Å². The van der Waals surface area contributed by atoms with Crippen molar-refractivity contribution >= 4 is 5.91 Å². The molecule has 0 aliphatic carbocycles. The molecule has 1 aliphatic heterocycles. The quantitative estimate of drug-likeness (QED) is 0.653. The molecule has 1 rings (SSSR count). The lowest BCUT2D eigenvalue weighted by Gasteiger charge is -2.29. The van der Waals surface area contributed by atoms with Gasteiger partial charge >= 0.3 is 0 Å². The predicted octanol–water partition coefficient (Wildman–Crippen LogP) is 0.464. The molecular formula is C9H18N2O. The molecule has 1 fully saturated rings. The van der Waals surface area contributed by atoms with E-state index in [9.17, 15) is 4.79 Å². The maximum atomic E-state index is 11.6. The van der Waals surface area contributed by atoms with Gasteiger partial charge in [-0.15, -0.1) is 0 Å². The lowest BCUT2D eigenvalue weighted by molar-refractivity contribution is -0.135. The monoisotopic (exact) mass is 170 g/mol. The van der Waals surface area contributed by atoms with Crippen LogP contribution in [0, 0.1) is 5.92 Å². The van der Waals surface area contributed by atoms with Gasteiger partial charge in [0.15, 0.2) is 0 Å². The molecule has 3 heteroatoms. The number of carbonyl (C=O) groups excluding carboxylic acids is 1. The minimum atomic E-state index is 0.197. The minimum absolute atomic E-state index is 0.197. The molecule has 0 aromatic heterocycles. The zero-order valence-electron chi connectivity index (χ0n) is 7.97. The Bertz CT molecular complexity index is 153. The fourth-order valence-corrected chi connectivity index (χ4v) is 1.37. The van der Waals surface area contributed by atoms with E-state index in [1.807, 2.05) is 11.8 Å². The molecule has 0 aromatic rings. The van der Waals surface area contributed by atoms with E-state index in [2.05, 4.69) is 12.2 Å². The van der Waals surface area contributed by atoms with E-state index in [0.29, 0.717) is 5.91 Å². The summed E-state index contributed by atoms with van der Waals surface area (Å²) < 4.78 is 0. The van der Waals surface area contributed by atoms with E-state index in [1.54, 1.807) is 0 Å². The van der Waals surface area contributed by atoms with Gasteiger partial charge in [-0.1, -0.05) is 13.8 Å². The average Bonchev–Trinajstić information content (AvgIpc) is 2.17. The van der Waals surface area contributed by atoms with Crippen molar-refractivity contribution in [2.45, 2.75) is 20.3 Å². The van der Waals surface area contributed by atoms with Gasteiger partial charge in [-0.05, 0) is 6.42 Å². The van der Waals surface area contributed by atoms with Crippen molar-refractivity contribution in [3.63, 3.8) is 0 Å². The maximum Gasteiger partial charge on any atom is 0.225 e. The Morgan fingerprint density at radius 1 is 1.50 bits per heavy atom. The van der Waals surface area contributed by atoms with Gasteiger partial charge in [0.05, 0.1) is 0 Å². The third-order valence-corrected chi connectivity index (χ3v) is 2.46. The fourth-order valence-electron chi connectivity index (χ4n) is 1.37. The first-order valence-corrected chi connectivity index (χ1v) is 4.75. The summed E-state index contributed by atoms with van der Waals surface area (Å²) in [4.78, 5) is 13.6. The van der Waals surface area contributed by atoms with Crippen LogP contribution in [0.3, 0.4) is 0 Å². The SMILES string of the molecule is CC[C@H](C)C(=O)N1CCNCC1. The number of nitrogens with zero attached hydrogens (tertiary/aromatic N) is 1. The van der Waals surface area contributed by atoms with Crippen molar-refractivity contribution in [3.8, 4) is 0 Å². The third kappa shape index (κ3) is 2.21. The zero-order valence-corrected chi connectivity index (χ0v) is 7.97. The van der Waals surface area contributed by atoms with Gasteiger partial charge in [0.25, 0.3) is 0 Å². The molecule has 1 heterocycles. The lowest BCUT2D eigenvalue weighted by Crippen LogP contribution is -2.48. The lowest BCUT2D eigenvalue weighted by atomic mass is 10.1. The highest BCUT2D eigenvalue weighted by atomic mass is 16.2. The number of amides is 1. The second-order valence-electron chi connectivity index (χ2n) is 3.38. The van der Waals surface area contributed by atoms with Crippen LogP contribution in [0.1, 0.15) is 20.3 Å². The Hall–Kier alpha value is -0.570. The van der Waals surface area contributed by atoms with Crippen molar-refractivity contribution in [2.24, 2.45) is 5.92 Å². The number of hydrogen-bond donors (Lipinski definition) is 1. The maximum absolute atomic E-state index is 11.6. The van der Waals surface area contributed by atoms with Crippen LogP contribution in [-0.4, -0.2) is 37.0 Å². The summed E-state index contributed by atoms with van der Waals surface area (Å²) >= 11 is 0. The van der Waals surface area contributed by atoms with Gasteiger partial charge in [0.2, 0.25) is 5.91 Å². The van der Waals surface area contributed by atoms with Crippen LogP contribution in [0.4, 0.5) is 0 Å². The van der Waals surface area contributed by atoms with Crippen LogP contribution >= 0.6 is 0 Å². The highest BCUT2D eigenvalue weighted by molar-refractivity contribution is 5.78. The van der Waals surface area contributed by atoms with Gasteiger partial charge in [-0.3, -0.25) is 4.79 Å². The molecule has 0 aromatic carbocycles. The van der Waals surface area contributed by atoms with E-state index in [4.69, 9.17) is 0 Å². The van der Waals surface area contributed by atoms with Gasteiger partial charge in [0, 0.05) is 32.1 Å². The molecule has 0 radical (unpaired) electrons. The molecule has 70 valence electrons. The summed E-state index contributed by atoms with van der Waals surface area (Å²) in [6.07, 6.45) is 0.947. The van der Waals surface area contributed by atoms with Gasteiger partial charge in [-0.2, -0.15) is 0 Å². The van der Waals surface area contributed by atoms with Crippen LogP contribution in [0.2, 0.25) is 0 Å². The highest BCUT2D eigenvalue weighted by Gasteiger charge is 2.19. The molecule has 1 N–H and O–H groups in total. The Labute approximate surface area is 74.1 Å². The second kappa shape index (κ2) is 4.45. The van der Waals surface area contributed by atoms with Crippen molar-refractivity contribution in [2.75, 3.05) is 26.2 Å². The minimum Gasteiger partial charge on any atom is -0.340 e. The van der Waals surface area contributed by atoms with E-state index in [-0.39, 0.29) is 5.92 Å². The summed E-state index contributed by atoms with van der Waals surface area (Å²) in [5.41, 5.74) is 0. The van der Waals surface area contributed by atoms with Crippen molar-refractivity contribution in [1.29, 1.82) is 0 Å². The van der Waals surface area contributed by atoms with Gasteiger partial charge < -0.3 is 10.2 Å². The summed E-state index contributed by atoms with van der Waals surface area (Å²) in [5.74, 6) is 0.516. The summed E-state index contributed by atoms with van der Waals surface area (Å²) in [6, 6.07) is 0. The third-order valence-electron chi connectivity index (χ3n) is 2.46. The molecule has 0 spiro atoms. The van der Waals surface area contributed by atoms with Crippen molar-refractivity contribution in [3.05, 3.63) is 0 Å². The molecule has 1 amide bonds. The molecule has 0 bridgehead atoms. The normalized spacial score (nSPS) is 20.7. The number of hydrogen-bond acceptors (Lipinski definition) is 2. The Kier molecular flexibility index (Phi) is 3.53. The summed E-state index contributed by atoms with van der Waals surface area (Å²) in [6.45, 7) is 7.71. The standard InChI is InChI=1S/C9H18N2O/c1-3-8(2)9(12)11-6-4-10-5-7-11/h8,10H,3-7H2,1-2H3/t8-/m0/s1. The zero-order chi connectivity index (χ0) is 8.97. The highest BCUT2D eigenvalue weighted by Crippen LogP contribution is 2.06. The summed E-state index contributed by atoms with van der Waals surface area (Å²) in [7, 11) is 0. The fraction of sp³-hybridized carbons (Fsp3) is 0.889. The van der Waals surface area contributed by atoms with Crippen LogP contribution in [0.15, 0.2) is 0 Å². The molecule has 1 atom stereocenters. The smallest absolute Gasteiger partial charge is 0.225 e. The van der Waals surface area contributed by atoms with Crippen molar-refractivity contribution in [1.82, 2.24) is 10.2 Å². The molecule has 0 unspecified atom stereocenters. The molecule has 1 saturated heterocycles. The van der Waals surface area contributed by atoms with Crippen LogP contribution in [0.25, 0.3) is 0 Å². The van der Waals surface area contributed by atoms with Crippen LogP contribution in [0.5, 0.6) is 0 Å². The Balaban J connectivity index is 2.39. The Morgan fingerprint density at radius 2 is 2.08 bits per heavy atom. The van der Waals surface area contributed by atoms with E-state index < -0.39 is 0 Å². The number of rotatable bonds is 2. The molecule has 12 heavy (non-hydrogen) atoms. The van der Waals surface area contributed by atoms with E-state index >= 15 is 0 Å². The molecule has 1 aliphatic rings. The number of carbonyl (C=O) groups is 1. The van der Waals surface area contributed by atoms with Crippen LogP contribution < -0.4 is 5.32 Å². The first kappa shape index (κ1) is 9.52. The van der Waals surface area contributed by atoms with Crippen LogP contribution in [-0.2, 0) is 4.79 Å². The van der Waals surface area contributed by atoms with E-state index in [0.717, 1.165) is 32.6 Å². The first-order valence-electron chi connectivity index (χ1n) is 4.75. The average molecular weight is 170 g/mol. The Morgan fingerprint density at radius 3 is 2.58 bits per heavy atom. The number of nitrogens with one attached hydrogen (secondary N) is 1. The summed E-state index contributed by atoms with van der Waals surface area (Å²) in [5, 5.41) is 3.23. The molecule has 0 saturated carbocycles. The largest absolute Gasteiger partial charge is 0.340 e. The number of piperazine rings is 1.